The molecule has 0 unspecified atom stereocenters. The first-order valence-electron chi connectivity index (χ1n) is 8.73. The monoisotopic (exact) mass is 412 g/mol. The van der Waals surface area contributed by atoms with Crippen LogP contribution in [0, 0.1) is 0 Å². The molecular weight excluding hydrogens is 388 g/mol. The van der Waals surface area contributed by atoms with Gasteiger partial charge in [-0.3, -0.25) is 4.90 Å². The number of aromatic nitrogens is 3. The standard InChI is InChI=1S/C17H24N4O8/c1-17(2,3)29-16(25)20-8-9(7-10(20)13(22)26-4)21-12(15(24)28-6)11(18-19-21)14(23)27-5/h9-10H,7-8H2,1-6H3/t9-,10-/m0/s1. The molecule has 1 aromatic rings. The van der Waals surface area contributed by atoms with Crippen LogP contribution in [-0.4, -0.2) is 83.4 Å². The Labute approximate surface area is 167 Å². The van der Waals surface area contributed by atoms with E-state index in [1.165, 1.54) is 12.0 Å². The van der Waals surface area contributed by atoms with Crippen molar-refractivity contribution in [2.45, 2.75) is 44.9 Å². The van der Waals surface area contributed by atoms with Gasteiger partial charge >= 0.3 is 24.0 Å². The van der Waals surface area contributed by atoms with Crippen LogP contribution in [0.4, 0.5) is 4.79 Å². The van der Waals surface area contributed by atoms with Gasteiger partial charge in [0.25, 0.3) is 0 Å². The molecule has 0 N–H and O–H groups in total. The molecule has 0 aromatic carbocycles. The fourth-order valence-electron chi connectivity index (χ4n) is 2.94. The number of hydrogen-bond acceptors (Lipinski definition) is 10. The molecule has 1 amide bonds. The number of likely N-dealkylation sites (tertiary alicyclic amines) is 1. The van der Waals surface area contributed by atoms with Crippen LogP contribution in [0.3, 0.4) is 0 Å². The molecule has 2 heterocycles. The van der Waals surface area contributed by atoms with E-state index in [2.05, 4.69) is 15.0 Å². The molecule has 2 atom stereocenters. The van der Waals surface area contributed by atoms with Crippen molar-refractivity contribution < 1.29 is 38.1 Å². The number of methoxy groups -OCH3 is 3. The minimum atomic E-state index is -0.962. The van der Waals surface area contributed by atoms with E-state index in [1.54, 1.807) is 20.8 Å². The van der Waals surface area contributed by atoms with Crippen molar-refractivity contribution in [1.29, 1.82) is 0 Å². The molecule has 2 rings (SSSR count). The van der Waals surface area contributed by atoms with Crippen molar-refractivity contribution in [3.8, 4) is 0 Å². The molecule has 12 nitrogen and oxygen atoms in total. The molecular formula is C17H24N4O8. The minimum absolute atomic E-state index is 0.0252. The largest absolute Gasteiger partial charge is 0.467 e. The number of nitrogens with zero attached hydrogens (tertiary/aromatic N) is 4. The van der Waals surface area contributed by atoms with Gasteiger partial charge in [0.2, 0.25) is 5.69 Å². The van der Waals surface area contributed by atoms with Crippen LogP contribution >= 0.6 is 0 Å². The first-order chi connectivity index (χ1) is 13.5. The zero-order valence-corrected chi connectivity index (χ0v) is 17.1. The van der Waals surface area contributed by atoms with E-state index in [0.717, 1.165) is 18.9 Å². The number of rotatable bonds is 4. The smallest absolute Gasteiger partial charge is 0.411 e. The topological polar surface area (TPSA) is 139 Å². The van der Waals surface area contributed by atoms with Gasteiger partial charge in [0, 0.05) is 13.0 Å². The number of amides is 1. The van der Waals surface area contributed by atoms with Crippen LogP contribution in [0.1, 0.15) is 54.2 Å². The number of hydrogen-bond donors (Lipinski definition) is 0. The van der Waals surface area contributed by atoms with Crippen LogP contribution < -0.4 is 0 Å². The highest BCUT2D eigenvalue weighted by Crippen LogP contribution is 2.31. The Bertz CT molecular complexity index is 813. The predicted molar refractivity (Wildman–Crippen MR) is 95.1 cm³/mol. The second-order valence-corrected chi connectivity index (χ2v) is 7.28. The highest BCUT2D eigenvalue weighted by atomic mass is 16.6. The van der Waals surface area contributed by atoms with Crippen LogP contribution in [0.25, 0.3) is 0 Å². The summed E-state index contributed by atoms with van der Waals surface area (Å²) in [4.78, 5) is 50.2. The quantitative estimate of drug-likeness (QED) is 0.509. The first kappa shape index (κ1) is 22.1. The highest BCUT2D eigenvalue weighted by molar-refractivity contribution is 6.00. The van der Waals surface area contributed by atoms with Crippen molar-refractivity contribution in [3.63, 3.8) is 0 Å². The molecule has 29 heavy (non-hydrogen) atoms. The summed E-state index contributed by atoms with van der Waals surface area (Å²) in [5.74, 6) is -2.38. The average molecular weight is 412 g/mol. The molecule has 1 aromatic heterocycles. The lowest BCUT2D eigenvalue weighted by Crippen LogP contribution is -2.43. The molecule has 0 saturated carbocycles. The summed E-state index contributed by atoms with van der Waals surface area (Å²) in [6.45, 7) is 5.06. The van der Waals surface area contributed by atoms with E-state index in [0.29, 0.717) is 0 Å². The van der Waals surface area contributed by atoms with Gasteiger partial charge in [-0.1, -0.05) is 5.21 Å². The van der Waals surface area contributed by atoms with Crippen molar-refractivity contribution in [2.75, 3.05) is 27.9 Å². The summed E-state index contributed by atoms with van der Waals surface area (Å²) in [7, 11) is 3.47. The van der Waals surface area contributed by atoms with Gasteiger partial charge in [-0.2, -0.15) is 0 Å². The normalized spacial score (nSPS) is 18.9. The van der Waals surface area contributed by atoms with Crippen molar-refractivity contribution in [2.24, 2.45) is 0 Å². The van der Waals surface area contributed by atoms with Crippen molar-refractivity contribution in [3.05, 3.63) is 11.4 Å². The second kappa shape index (κ2) is 8.45. The molecule has 1 aliphatic heterocycles. The van der Waals surface area contributed by atoms with Crippen LogP contribution in [0.15, 0.2) is 0 Å². The van der Waals surface area contributed by atoms with Gasteiger partial charge in [0.05, 0.1) is 27.4 Å². The van der Waals surface area contributed by atoms with Gasteiger partial charge in [-0.25, -0.2) is 23.9 Å². The second-order valence-electron chi connectivity index (χ2n) is 7.28. The van der Waals surface area contributed by atoms with E-state index in [9.17, 15) is 19.2 Å². The van der Waals surface area contributed by atoms with E-state index in [4.69, 9.17) is 14.2 Å². The van der Waals surface area contributed by atoms with E-state index >= 15 is 0 Å². The Kier molecular flexibility index (Phi) is 6.44. The van der Waals surface area contributed by atoms with Gasteiger partial charge in [0.1, 0.15) is 11.6 Å². The van der Waals surface area contributed by atoms with E-state index in [-0.39, 0.29) is 24.4 Å². The molecule has 0 radical (unpaired) electrons. The summed E-state index contributed by atoms with van der Waals surface area (Å²) in [5.41, 5.74) is -1.35. The minimum Gasteiger partial charge on any atom is -0.467 e. The Morgan fingerprint density at radius 3 is 2.14 bits per heavy atom. The maximum absolute atomic E-state index is 12.6. The fourth-order valence-corrected chi connectivity index (χ4v) is 2.94. The molecule has 12 heteroatoms. The average Bonchev–Trinajstić information content (AvgIpc) is 3.29. The van der Waals surface area contributed by atoms with Gasteiger partial charge in [-0.05, 0) is 20.8 Å². The summed E-state index contributed by atoms with van der Waals surface area (Å²) in [6.07, 6.45) is -0.650. The molecule has 160 valence electrons. The van der Waals surface area contributed by atoms with Crippen LogP contribution in [0.2, 0.25) is 0 Å². The summed E-state index contributed by atoms with van der Waals surface area (Å²) in [5, 5.41) is 7.56. The molecule has 1 aliphatic rings. The maximum atomic E-state index is 12.6. The van der Waals surface area contributed by atoms with Crippen molar-refractivity contribution in [1.82, 2.24) is 19.9 Å². The zero-order chi connectivity index (χ0) is 21.9. The van der Waals surface area contributed by atoms with Gasteiger partial charge in [-0.15, -0.1) is 5.10 Å². The number of carbonyl (C=O) groups is 4. The SMILES string of the molecule is COC(=O)c1nnn([C@H]2C[C@@H](C(=O)OC)N(C(=O)OC(C)(C)C)C2)c1C(=O)OC. The number of ether oxygens (including phenoxy) is 4. The summed E-state index contributed by atoms with van der Waals surface area (Å²) in [6, 6.07) is -1.62. The Balaban J connectivity index is 2.42. The lowest BCUT2D eigenvalue weighted by Gasteiger charge is -2.27. The summed E-state index contributed by atoms with van der Waals surface area (Å²) >= 11 is 0. The maximum Gasteiger partial charge on any atom is 0.411 e. The zero-order valence-electron chi connectivity index (χ0n) is 17.1. The summed E-state index contributed by atoms with van der Waals surface area (Å²) < 4.78 is 20.6. The fraction of sp³-hybridized carbons (Fsp3) is 0.647. The molecule has 1 fully saturated rings. The first-order valence-corrected chi connectivity index (χ1v) is 8.73. The highest BCUT2D eigenvalue weighted by Gasteiger charge is 2.45. The Morgan fingerprint density at radius 1 is 1.00 bits per heavy atom. The van der Waals surface area contributed by atoms with E-state index < -0.39 is 41.7 Å². The molecule has 1 saturated heterocycles. The van der Waals surface area contributed by atoms with E-state index in [1.807, 2.05) is 0 Å². The third-order valence-electron chi connectivity index (χ3n) is 4.18. The molecule has 0 bridgehead atoms. The van der Waals surface area contributed by atoms with Gasteiger partial charge < -0.3 is 18.9 Å². The molecule has 0 spiro atoms. The number of esters is 3. The predicted octanol–water partition coefficient (Wildman–Crippen LogP) is 0.575. The molecule has 0 aliphatic carbocycles. The Hall–Kier alpha value is -3.18. The third-order valence-corrected chi connectivity index (χ3v) is 4.18. The lowest BCUT2D eigenvalue weighted by molar-refractivity contribution is -0.145. The third kappa shape index (κ3) is 4.63. The van der Waals surface area contributed by atoms with Gasteiger partial charge in [0.15, 0.2) is 5.69 Å². The van der Waals surface area contributed by atoms with Crippen molar-refractivity contribution >= 4 is 24.0 Å². The number of carbonyl (C=O) groups excluding carboxylic acids is 4. The lowest BCUT2D eigenvalue weighted by atomic mass is 10.1. The van der Waals surface area contributed by atoms with Crippen LogP contribution in [0.5, 0.6) is 0 Å². The van der Waals surface area contributed by atoms with Crippen LogP contribution in [-0.2, 0) is 23.7 Å². The Morgan fingerprint density at radius 2 is 1.62 bits per heavy atom.